The molecule has 41 heavy (non-hydrogen) atoms. The minimum atomic E-state index is -5.08. The van der Waals surface area contributed by atoms with Gasteiger partial charge in [0.05, 0.1) is 22.8 Å². The van der Waals surface area contributed by atoms with Crippen molar-refractivity contribution in [2.24, 2.45) is 5.92 Å². The van der Waals surface area contributed by atoms with Gasteiger partial charge in [0.1, 0.15) is 23.8 Å². The molecule has 10 nitrogen and oxygen atoms in total. The molecule has 5 rings (SSSR count). The number of aryl methyl sites for hydroxylation is 1. The zero-order chi connectivity index (χ0) is 29.9. The largest absolute Gasteiger partial charge is 0.490 e. The van der Waals surface area contributed by atoms with Crippen LogP contribution in [0.2, 0.25) is 0 Å². The lowest BCUT2D eigenvalue weighted by molar-refractivity contribution is -0.192. The van der Waals surface area contributed by atoms with Gasteiger partial charge in [0.15, 0.2) is 5.82 Å². The predicted molar refractivity (Wildman–Crippen MR) is 145 cm³/mol. The Balaban J connectivity index is 0.000000493. The Kier molecular flexibility index (Phi) is 8.59. The standard InChI is InChI=1S/C25H29FN8.C2HF3O2/c1-5-27-24-16(3)31-34(17(24)4)22-12-21(28-14-29-22)30-25-15(2)23(19-8-10-20(26)11-9-19)32-33(25)13-18-6-7-18;3-2(4,5)1(6)7/h8-12,14,18,27H,5-7,13H2,1-4H3,(H,28,29,30);(H,6,7). The number of nitrogens with zero attached hydrogens (tertiary/aromatic N) is 6. The fraction of sp³-hybridized carbons (Fsp3) is 0.370. The summed E-state index contributed by atoms with van der Waals surface area (Å²) in [6, 6.07) is 8.36. The van der Waals surface area contributed by atoms with Crippen LogP contribution in [0.15, 0.2) is 36.7 Å². The van der Waals surface area contributed by atoms with E-state index in [1.165, 1.54) is 25.0 Å². The fourth-order valence-electron chi connectivity index (χ4n) is 4.22. The molecule has 0 aliphatic heterocycles. The molecule has 1 fully saturated rings. The number of carboxylic acid groups (broad SMARTS) is 1. The van der Waals surface area contributed by atoms with Crippen molar-refractivity contribution >= 4 is 23.3 Å². The van der Waals surface area contributed by atoms with Crippen molar-refractivity contribution in [3.63, 3.8) is 0 Å². The average Bonchev–Trinajstić information content (AvgIpc) is 3.64. The van der Waals surface area contributed by atoms with Crippen LogP contribution in [0.4, 0.5) is 34.9 Å². The summed E-state index contributed by atoms with van der Waals surface area (Å²) < 4.78 is 49.0. The number of carboxylic acids is 1. The number of nitrogens with one attached hydrogen (secondary N) is 2. The van der Waals surface area contributed by atoms with Crippen LogP contribution >= 0.6 is 0 Å². The lowest BCUT2D eigenvalue weighted by atomic mass is 10.1. The summed E-state index contributed by atoms with van der Waals surface area (Å²) in [6.45, 7) is 9.77. The van der Waals surface area contributed by atoms with Crippen molar-refractivity contribution in [3.05, 3.63) is 59.4 Å². The van der Waals surface area contributed by atoms with E-state index >= 15 is 0 Å². The van der Waals surface area contributed by atoms with Crippen LogP contribution in [0.25, 0.3) is 17.1 Å². The molecule has 0 spiro atoms. The summed E-state index contributed by atoms with van der Waals surface area (Å²) in [4.78, 5) is 17.8. The third-order valence-electron chi connectivity index (χ3n) is 6.44. The van der Waals surface area contributed by atoms with E-state index in [4.69, 9.17) is 15.0 Å². The van der Waals surface area contributed by atoms with Crippen LogP contribution < -0.4 is 10.6 Å². The van der Waals surface area contributed by atoms with Crippen LogP contribution in [0.3, 0.4) is 0 Å². The molecule has 1 aliphatic rings. The maximum Gasteiger partial charge on any atom is 0.490 e. The van der Waals surface area contributed by atoms with Crippen LogP contribution in [-0.4, -0.2) is 53.3 Å². The van der Waals surface area contributed by atoms with Crippen molar-refractivity contribution in [1.82, 2.24) is 29.5 Å². The second-order valence-corrected chi connectivity index (χ2v) is 9.63. The third kappa shape index (κ3) is 6.99. The minimum absolute atomic E-state index is 0.257. The van der Waals surface area contributed by atoms with E-state index < -0.39 is 12.1 Å². The van der Waals surface area contributed by atoms with Gasteiger partial charge in [0.2, 0.25) is 0 Å². The third-order valence-corrected chi connectivity index (χ3v) is 6.44. The summed E-state index contributed by atoms with van der Waals surface area (Å²) >= 11 is 0. The van der Waals surface area contributed by atoms with Gasteiger partial charge in [-0.2, -0.15) is 23.4 Å². The Morgan fingerprint density at radius 3 is 2.34 bits per heavy atom. The summed E-state index contributed by atoms with van der Waals surface area (Å²) in [5.41, 5.74) is 5.67. The molecule has 3 heterocycles. The zero-order valence-corrected chi connectivity index (χ0v) is 22.9. The Labute approximate surface area is 233 Å². The molecular formula is C27H30F4N8O2. The van der Waals surface area contributed by atoms with Gasteiger partial charge in [-0.25, -0.2) is 28.5 Å². The molecule has 1 saturated carbocycles. The molecule has 0 amide bonds. The zero-order valence-electron chi connectivity index (χ0n) is 22.9. The normalized spacial score (nSPS) is 13.0. The summed E-state index contributed by atoms with van der Waals surface area (Å²) in [5, 5.41) is 23.5. The molecule has 0 bridgehead atoms. The van der Waals surface area contributed by atoms with Gasteiger partial charge in [0.25, 0.3) is 0 Å². The number of aromatic nitrogens is 6. The molecule has 3 aromatic heterocycles. The number of aliphatic carboxylic acids is 1. The number of rotatable bonds is 8. The second kappa shape index (κ2) is 11.9. The monoisotopic (exact) mass is 574 g/mol. The van der Waals surface area contributed by atoms with Gasteiger partial charge in [0, 0.05) is 30.3 Å². The lowest BCUT2D eigenvalue weighted by Crippen LogP contribution is -2.21. The molecule has 0 radical (unpaired) electrons. The Bertz CT molecular complexity index is 1530. The second-order valence-electron chi connectivity index (χ2n) is 9.63. The van der Waals surface area contributed by atoms with Crippen molar-refractivity contribution in [2.75, 3.05) is 17.2 Å². The van der Waals surface area contributed by atoms with Gasteiger partial charge in [-0.1, -0.05) is 0 Å². The number of alkyl halides is 3. The molecular weight excluding hydrogens is 544 g/mol. The Hall–Kier alpha value is -4.49. The van der Waals surface area contributed by atoms with Gasteiger partial charge in [-0.15, -0.1) is 0 Å². The van der Waals surface area contributed by atoms with E-state index in [-0.39, 0.29) is 5.82 Å². The first-order valence-corrected chi connectivity index (χ1v) is 12.9. The number of hydrogen-bond acceptors (Lipinski definition) is 7. The first-order valence-electron chi connectivity index (χ1n) is 12.9. The van der Waals surface area contributed by atoms with Crippen molar-refractivity contribution < 1.29 is 27.5 Å². The molecule has 218 valence electrons. The van der Waals surface area contributed by atoms with Crippen LogP contribution in [-0.2, 0) is 11.3 Å². The fourth-order valence-corrected chi connectivity index (χ4v) is 4.22. The van der Waals surface area contributed by atoms with E-state index in [1.807, 2.05) is 36.2 Å². The first-order chi connectivity index (χ1) is 19.4. The lowest BCUT2D eigenvalue weighted by Gasteiger charge is -2.11. The highest BCUT2D eigenvalue weighted by Crippen LogP contribution is 2.35. The van der Waals surface area contributed by atoms with E-state index in [2.05, 4.69) is 32.6 Å². The summed E-state index contributed by atoms with van der Waals surface area (Å²) in [6.07, 6.45) is -1.11. The molecule has 3 N–H and O–H groups in total. The highest BCUT2D eigenvalue weighted by molar-refractivity contribution is 5.73. The molecule has 4 aromatic rings. The highest BCUT2D eigenvalue weighted by atomic mass is 19.4. The Morgan fingerprint density at radius 2 is 1.76 bits per heavy atom. The van der Waals surface area contributed by atoms with Gasteiger partial charge in [-0.05, 0) is 70.7 Å². The molecule has 0 saturated heterocycles. The van der Waals surface area contributed by atoms with Gasteiger partial charge >= 0.3 is 12.1 Å². The molecule has 1 aliphatic carbocycles. The number of carbonyl (C=O) groups is 1. The molecule has 0 atom stereocenters. The minimum Gasteiger partial charge on any atom is -0.475 e. The van der Waals surface area contributed by atoms with Crippen molar-refractivity contribution in [2.45, 2.75) is 53.3 Å². The van der Waals surface area contributed by atoms with E-state index in [0.29, 0.717) is 17.6 Å². The highest BCUT2D eigenvalue weighted by Gasteiger charge is 2.38. The maximum atomic E-state index is 13.5. The molecule has 14 heteroatoms. The summed E-state index contributed by atoms with van der Waals surface area (Å²) in [5.74, 6) is -0.140. The average molecular weight is 575 g/mol. The summed E-state index contributed by atoms with van der Waals surface area (Å²) in [7, 11) is 0. The van der Waals surface area contributed by atoms with E-state index in [0.717, 1.165) is 52.8 Å². The maximum absolute atomic E-state index is 13.5. The topological polar surface area (TPSA) is 123 Å². The first kappa shape index (κ1) is 29.5. The van der Waals surface area contributed by atoms with Crippen molar-refractivity contribution in [1.29, 1.82) is 0 Å². The molecule has 0 unspecified atom stereocenters. The number of halogens is 4. The van der Waals surface area contributed by atoms with E-state index in [1.54, 1.807) is 18.5 Å². The molecule has 1 aromatic carbocycles. The van der Waals surface area contributed by atoms with Crippen LogP contribution in [0.5, 0.6) is 0 Å². The quantitative estimate of drug-likeness (QED) is 0.226. The van der Waals surface area contributed by atoms with Gasteiger partial charge < -0.3 is 15.7 Å². The van der Waals surface area contributed by atoms with Gasteiger partial charge in [-0.3, -0.25) is 0 Å². The van der Waals surface area contributed by atoms with Crippen LogP contribution in [0.1, 0.15) is 36.7 Å². The van der Waals surface area contributed by atoms with Crippen LogP contribution in [0, 0.1) is 32.5 Å². The smallest absolute Gasteiger partial charge is 0.475 e. The number of anilines is 3. The van der Waals surface area contributed by atoms with E-state index in [9.17, 15) is 17.6 Å². The van der Waals surface area contributed by atoms with Crippen molar-refractivity contribution in [3.8, 4) is 17.1 Å². The number of benzene rings is 1. The Morgan fingerprint density at radius 1 is 1.10 bits per heavy atom. The predicted octanol–water partition coefficient (Wildman–Crippen LogP) is 5.81. The number of hydrogen-bond donors (Lipinski definition) is 3. The SMILES string of the molecule is CCNc1c(C)nn(-c2cc(Nc3c(C)c(-c4ccc(F)cc4)nn3CC3CC3)ncn2)c1C.O=C(O)C(F)(F)F.